The lowest BCUT2D eigenvalue weighted by Crippen LogP contribution is -2.48. The Bertz CT molecular complexity index is 1160. The second kappa shape index (κ2) is 6.83. The van der Waals surface area contributed by atoms with Crippen LogP contribution in [0.5, 0.6) is 5.75 Å². The number of nitrogens with zero attached hydrogens (tertiary/aromatic N) is 4. The van der Waals surface area contributed by atoms with Crippen molar-refractivity contribution < 1.29 is 9.53 Å². The topological polar surface area (TPSA) is 60.2 Å². The number of likely N-dealkylation sites (tertiary alicyclic amines) is 1. The normalized spacial score (nSPS) is 20.7. The minimum absolute atomic E-state index is 0.0346. The summed E-state index contributed by atoms with van der Waals surface area (Å²) in [7, 11) is 3.68. The molecule has 1 unspecified atom stereocenters. The fraction of sp³-hybridized carbons (Fsp3) is 0.458. The van der Waals surface area contributed by atoms with Gasteiger partial charge in [0.1, 0.15) is 11.6 Å². The van der Waals surface area contributed by atoms with Crippen molar-refractivity contribution >= 4 is 16.8 Å². The molecule has 1 atom stereocenters. The number of fused-ring (bicyclic) bond motifs is 3. The Balaban J connectivity index is 1.54. The minimum Gasteiger partial charge on any atom is -0.497 e. The number of ether oxygens (including phenoxy) is 1. The number of amides is 1. The van der Waals surface area contributed by atoms with Gasteiger partial charge in [-0.15, -0.1) is 0 Å². The van der Waals surface area contributed by atoms with E-state index < -0.39 is 0 Å². The summed E-state index contributed by atoms with van der Waals surface area (Å²) in [4.78, 5) is 25.1. The van der Waals surface area contributed by atoms with E-state index in [-0.39, 0.29) is 11.3 Å². The number of aromatic nitrogens is 3. The predicted octanol–water partition coefficient (Wildman–Crippen LogP) is 3.71. The molecule has 156 valence electrons. The van der Waals surface area contributed by atoms with Gasteiger partial charge < -0.3 is 14.2 Å². The van der Waals surface area contributed by atoms with Crippen LogP contribution in [0.2, 0.25) is 0 Å². The third kappa shape index (κ3) is 2.73. The smallest absolute Gasteiger partial charge is 0.256 e. The predicted molar refractivity (Wildman–Crippen MR) is 116 cm³/mol. The monoisotopic (exact) mass is 404 g/mol. The first-order chi connectivity index (χ1) is 14.4. The number of carbonyl (C=O) groups excluding carboxylic acids is 1. The first-order valence-electron chi connectivity index (χ1n) is 10.7. The molecule has 3 heterocycles. The van der Waals surface area contributed by atoms with Gasteiger partial charge in [0.15, 0.2) is 0 Å². The maximum absolute atomic E-state index is 13.8. The second-order valence-corrected chi connectivity index (χ2v) is 8.80. The zero-order valence-corrected chi connectivity index (χ0v) is 18.2. The van der Waals surface area contributed by atoms with Crippen LogP contribution in [0.3, 0.4) is 0 Å². The molecule has 0 radical (unpaired) electrons. The van der Waals surface area contributed by atoms with Crippen molar-refractivity contribution in [3.05, 3.63) is 52.7 Å². The van der Waals surface area contributed by atoms with Gasteiger partial charge in [0, 0.05) is 48.3 Å². The largest absolute Gasteiger partial charge is 0.497 e. The lowest BCUT2D eigenvalue weighted by atomic mass is 9.77. The highest BCUT2D eigenvalue weighted by molar-refractivity contribution is 6.08. The van der Waals surface area contributed by atoms with Crippen LogP contribution < -0.4 is 4.74 Å². The van der Waals surface area contributed by atoms with Crippen molar-refractivity contribution in [3.8, 4) is 5.75 Å². The van der Waals surface area contributed by atoms with Gasteiger partial charge in [0.25, 0.3) is 5.91 Å². The number of piperidine rings is 1. The Hall–Kier alpha value is -2.89. The summed E-state index contributed by atoms with van der Waals surface area (Å²) in [6, 6.07) is 5.96. The summed E-state index contributed by atoms with van der Waals surface area (Å²) >= 11 is 0. The summed E-state index contributed by atoms with van der Waals surface area (Å²) in [6.07, 6.45) is 6.12. The van der Waals surface area contributed by atoms with E-state index in [1.165, 1.54) is 11.3 Å². The fourth-order valence-corrected chi connectivity index (χ4v) is 5.44. The molecule has 30 heavy (non-hydrogen) atoms. The van der Waals surface area contributed by atoms with Crippen LogP contribution in [0.25, 0.3) is 10.9 Å². The van der Waals surface area contributed by atoms with Crippen molar-refractivity contribution in [1.82, 2.24) is 19.4 Å². The van der Waals surface area contributed by atoms with E-state index in [9.17, 15) is 4.79 Å². The van der Waals surface area contributed by atoms with Crippen LogP contribution in [-0.2, 0) is 18.9 Å². The molecular formula is C24H28N4O2. The Morgan fingerprint density at radius 3 is 2.87 bits per heavy atom. The molecule has 1 spiro atoms. The molecule has 1 aliphatic heterocycles. The van der Waals surface area contributed by atoms with E-state index in [0.29, 0.717) is 0 Å². The molecule has 6 nitrogen and oxygen atoms in total. The van der Waals surface area contributed by atoms with Crippen LogP contribution in [-0.4, -0.2) is 45.5 Å². The molecule has 1 saturated heterocycles. The number of methoxy groups -OCH3 is 1. The zero-order valence-electron chi connectivity index (χ0n) is 18.2. The van der Waals surface area contributed by atoms with E-state index in [1.807, 2.05) is 45.3 Å². The number of hydrogen-bond acceptors (Lipinski definition) is 4. The molecule has 0 saturated carbocycles. The summed E-state index contributed by atoms with van der Waals surface area (Å²) in [5, 5.41) is 0.962. The van der Waals surface area contributed by atoms with Crippen LogP contribution in [0.1, 0.15) is 52.4 Å². The highest BCUT2D eigenvalue weighted by atomic mass is 16.5. The third-order valence-corrected chi connectivity index (χ3v) is 7.14. The number of aryl methyl sites for hydroxylation is 3. The zero-order chi connectivity index (χ0) is 21.0. The lowest BCUT2D eigenvalue weighted by molar-refractivity contribution is 0.0634. The maximum Gasteiger partial charge on any atom is 0.256 e. The van der Waals surface area contributed by atoms with Crippen molar-refractivity contribution in [2.24, 2.45) is 7.05 Å². The standard InChI is InChI=1S/C24H28N4O2/c1-15-21(19-12-18(30-4)6-7-20(19)27(15)3)23(29)28-11-5-9-24(14-28)10-8-17-13-25-16(2)26-22(17)24/h6-7,12-13H,5,8-11,14H2,1-4H3. The molecule has 6 heteroatoms. The van der Waals surface area contributed by atoms with Gasteiger partial charge in [0.2, 0.25) is 0 Å². The van der Waals surface area contributed by atoms with Crippen molar-refractivity contribution in [2.75, 3.05) is 20.2 Å². The van der Waals surface area contributed by atoms with E-state index in [2.05, 4.69) is 14.5 Å². The number of carbonyl (C=O) groups is 1. The fourth-order valence-electron chi connectivity index (χ4n) is 5.44. The molecule has 1 fully saturated rings. The second-order valence-electron chi connectivity index (χ2n) is 8.80. The molecule has 2 aromatic heterocycles. The van der Waals surface area contributed by atoms with E-state index >= 15 is 0 Å². The highest BCUT2D eigenvalue weighted by Gasteiger charge is 2.45. The van der Waals surface area contributed by atoms with Gasteiger partial charge in [-0.1, -0.05) is 0 Å². The van der Waals surface area contributed by atoms with Crippen LogP contribution in [0, 0.1) is 13.8 Å². The minimum atomic E-state index is -0.0346. The number of rotatable bonds is 2. The molecule has 1 aliphatic carbocycles. The summed E-state index contributed by atoms with van der Waals surface area (Å²) in [5.41, 5.74) is 5.23. The molecule has 1 aromatic carbocycles. The first kappa shape index (κ1) is 19.1. The van der Waals surface area contributed by atoms with E-state index in [1.54, 1.807) is 7.11 Å². The third-order valence-electron chi connectivity index (χ3n) is 7.14. The Kier molecular flexibility index (Phi) is 4.34. The molecule has 0 bridgehead atoms. The molecule has 0 N–H and O–H groups in total. The first-order valence-corrected chi connectivity index (χ1v) is 10.7. The lowest BCUT2D eigenvalue weighted by Gasteiger charge is -2.40. The van der Waals surface area contributed by atoms with Gasteiger partial charge in [-0.05, 0) is 63.3 Å². The van der Waals surface area contributed by atoms with Crippen molar-refractivity contribution in [3.63, 3.8) is 0 Å². The van der Waals surface area contributed by atoms with Gasteiger partial charge in [-0.25, -0.2) is 9.97 Å². The number of benzene rings is 1. The van der Waals surface area contributed by atoms with E-state index in [0.717, 1.165) is 72.5 Å². The molecule has 5 rings (SSSR count). The van der Waals surface area contributed by atoms with Gasteiger partial charge >= 0.3 is 0 Å². The average Bonchev–Trinajstić information content (AvgIpc) is 3.22. The molecule has 3 aromatic rings. The van der Waals surface area contributed by atoms with Crippen molar-refractivity contribution in [1.29, 1.82) is 0 Å². The van der Waals surface area contributed by atoms with E-state index in [4.69, 9.17) is 9.72 Å². The highest BCUT2D eigenvalue weighted by Crippen LogP contribution is 2.44. The van der Waals surface area contributed by atoms with Gasteiger partial charge in [0.05, 0.1) is 18.4 Å². The Morgan fingerprint density at radius 1 is 1.23 bits per heavy atom. The Morgan fingerprint density at radius 2 is 2.07 bits per heavy atom. The summed E-state index contributed by atoms with van der Waals surface area (Å²) < 4.78 is 7.53. The van der Waals surface area contributed by atoms with Crippen LogP contribution >= 0.6 is 0 Å². The van der Waals surface area contributed by atoms with Crippen molar-refractivity contribution in [2.45, 2.75) is 44.9 Å². The average molecular weight is 405 g/mol. The molecular weight excluding hydrogens is 376 g/mol. The number of hydrogen-bond donors (Lipinski definition) is 0. The molecule has 2 aliphatic rings. The Labute approximate surface area is 176 Å². The molecule has 1 amide bonds. The maximum atomic E-state index is 13.8. The SMILES string of the molecule is COc1ccc2c(c1)c(C(=O)N1CCCC3(CCc4cnc(C)nc43)C1)c(C)n2C. The van der Waals surface area contributed by atoms with Gasteiger partial charge in [-0.3, -0.25) is 4.79 Å². The van der Waals surface area contributed by atoms with Crippen LogP contribution in [0.15, 0.2) is 24.4 Å². The van der Waals surface area contributed by atoms with Crippen LogP contribution in [0.4, 0.5) is 0 Å². The summed E-state index contributed by atoms with van der Waals surface area (Å²) in [6.45, 7) is 5.50. The summed E-state index contributed by atoms with van der Waals surface area (Å²) in [5.74, 6) is 1.70. The van der Waals surface area contributed by atoms with Gasteiger partial charge in [-0.2, -0.15) is 0 Å². The quantitative estimate of drug-likeness (QED) is 0.653.